The number of hydrogen-bond donors (Lipinski definition) is 0. The summed E-state index contributed by atoms with van der Waals surface area (Å²) in [5, 5.41) is 1.04. The van der Waals surface area contributed by atoms with Crippen LogP contribution in [-0.2, 0) is 0 Å². The Labute approximate surface area is 126 Å². The molecule has 2 nitrogen and oxygen atoms in total. The van der Waals surface area contributed by atoms with E-state index in [-0.39, 0.29) is 0 Å². The molecule has 0 amide bonds. The van der Waals surface area contributed by atoms with E-state index in [9.17, 15) is 0 Å². The predicted molar refractivity (Wildman–Crippen MR) is 88.3 cm³/mol. The molecule has 0 aliphatic carbocycles. The van der Waals surface area contributed by atoms with Gasteiger partial charge in [-0.25, -0.2) is 4.98 Å². The van der Waals surface area contributed by atoms with Crippen molar-refractivity contribution in [2.75, 3.05) is 0 Å². The minimum absolute atomic E-state index is 0.979. The van der Waals surface area contributed by atoms with Gasteiger partial charge in [-0.2, -0.15) is 0 Å². The van der Waals surface area contributed by atoms with Crippen LogP contribution < -0.4 is 0 Å². The Morgan fingerprint density at radius 1 is 0.762 bits per heavy atom. The molecule has 3 heteroatoms. The first kappa shape index (κ1) is 12.2. The Morgan fingerprint density at radius 2 is 1.57 bits per heavy atom. The van der Waals surface area contributed by atoms with Crippen LogP contribution in [0.15, 0.2) is 72.9 Å². The van der Waals surface area contributed by atoms with Crippen LogP contribution in [0.25, 0.3) is 32.0 Å². The van der Waals surface area contributed by atoms with Crippen LogP contribution in [0.4, 0.5) is 0 Å². The maximum atomic E-state index is 4.71. The van der Waals surface area contributed by atoms with Crippen LogP contribution in [0, 0.1) is 0 Å². The maximum absolute atomic E-state index is 4.71. The Hall–Kier alpha value is -2.52. The van der Waals surface area contributed by atoms with Gasteiger partial charge in [0.2, 0.25) is 0 Å². The minimum Gasteiger partial charge on any atom is -0.256 e. The zero-order chi connectivity index (χ0) is 14.1. The third kappa shape index (κ3) is 2.32. The Balaban J connectivity index is 1.82. The molecule has 0 atom stereocenters. The second-order valence-electron chi connectivity index (χ2n) is 4.78. The standard InChI is InChI=1S/C18H12N2S/c1-2-6-13(7-3-1)16-12-14(10-11-19-16)18-20-15-8-4-5-9-17(15)21-18/h1-12H. The smallest absolute Gasteiger partial charge is 0.124 e. The number of nitrogens with zero attached hydrogens (tertiary/aromatic N) is 2. The first-order valence-electron chi connectivity index (χ1n) is 6.77. The van der Waals surface area contributed by atoms with Crippen LogP contribution in [-0.4, -0.2) is 9.97 Å². The molecule has 21 heavy (non-hydrogen) atoms. The molecule has 0 fully saturated rings. The normalized spacial score (nSPS) is 10.9. The zero-order valence-corrected chi connectivity index (χ0v) is 12.0. The highest BCUT2D eigenvalue weighted by Gasteiger charge is 2.07. The maximum Gasteiger partial charge on any atom is 0.124 e. The molecule has 0 aliphatic rings. The number of aromatic nitrogens is 2. The van der Waals surface area contributed by atoms with E-state index in [0.717, 1.165) is 27.3 Å². The Bertz CT molecular complexity index is 864. The van der Waals surface area contributed by atoms with E-state index < -0.39 is 0 Å². The Morgan fingerprint density at radius 3 is 2.43 bits per heavy atom. The van der Waals surface area contributed by atoms with Gasteiger partial charge in [-0.05, 0) is 24.3 Å². The first-order valence-corrected chi connectivity index (χ1v) is 7.59. The fraction of sp³-hybridized carbons (Fsp3) is 0. The summed E-state index contributed by atoms with van der Waals surface area (Å²) in [6.07, 6.45) is 1.85. The lowest BCUT2D eigenvalue weighted by atomic mass is 10.1. The average molecular weight is 288 g/mol. The topological polar surface area (TPSA) is 25.8 Å². The van der Waals surface area contributed by atoms with Crippen molar-refractivity contribution in [2.45, 2.75) is 0 Å². The SMILES string of the molecule is c1ccc(-c2cc(-c3nc4ccccc4s3)ccn2)cc1. The monoisotopic (exact) mass is 288 g/mol. The van der Waals surface area contributed by atoms with Gasteiger partial charge in [-0.15, -0.1) is 11.3 Å². The molecule has 0 N–H and O–H groups in total. The van der Waals surface area contributed by atoms with Crippen LogP contribution in [0.3, 0.4) is 0 Å². The molecule has 2 heterocycles. The highest BCUT2D eigenvalue weighted by molar-refractivity contribution is 7.21. The molecule has 0 bridgehead atoms. The van der Waals surface area contributed by atoms with Crippen molar-refractivity contribution in [1.82, 2.24) is 9.97 Å². The van der Waals surface area contributed by atoms with E-state index in [2.05, 4.69) is 35.3 Å². The van der Waals surface area contributed by atoms with Crippen LogP contribution in [0.5, 0.6) is 0 Å². The third-order valence-electron chi connectivity index (χ3n) is 3.37. The quantitative estimate of drug-likeness (QED) is 0.517. The van der Waals surface area contributed by atoms with E-state index in [1.54, 1.807) is 11.3 Å². The summed E-state index contributed by atoms with van der Waals surface area (Å²) in [6, 6.07) is 22.6. The molecule has 2 aromatic heterocycles. The summed E-state index contributed by atoms with van der Waals surface area (Å²) in [5.74, 6) is 0. The molecule has 0 aliphatic heterocycles. The number of thiazole rings is 1. The Kier molecular flexibility index (Phi) is 2.98. The molecule has 0 saturated carbocycles. The highest BCUT2D eigenvalue weighted by atomic mass is 32.1. The third-order valence-corrected chi connectivity index (χ3v) is 4.46. The molecule has 0 unspecified atom stereocenters. The van der Waals surface area contributed by atoms with Gasteiger partial charge in [0.1, 0.15) is 5.01 Å². The second-order valence-corrected chi connectivity index (χ2v) is 5.81. The van der Waals surface area contributed by atoms with Gasteiger partial charge >= 0.3 is 0 Å². The van der Waals surface area contributed by atoms with Crippen molar-refractivity contribution < 1.29 is 0 Å². The van der Waals surface area contributed by atoms with Gasteiger partial charge in [-0.1, -0.05) is 42.5 Å². The number of benzene rings is 2. The largest absolute Gasteiger partial charge is 0.256 e. The molecule has 4 aromatic rings. The van der Waals surface area contributed by atoms with E-state index in [4.69, 9.17) is 4.98 Å². The van der Waals surface area contributed by atoms with Crippen LogP contribution in [0.2, 0.25) is 0 Å². The fourth-order valence-electron chi connectivity index (χ4n) is 2.33. The van der Waals surface area contributed by atoms with Gasteiger partial charge in [0.15, 0.2) is 0 Å². The highest BCUT2D eigenvalue weighted by Crippen LogP contribution is 2.31. The molecule has 0 spiro atoms. The predicted octanol–water partition coefficient (Wildman–Crippen LogP) is 5.03. The first-order chi connectivity index (χ1) is 10.4. The molecular formula is C18H12N2S. The van der Waals surface area contributed by atoms with Gasteiger partial charge in [0.25, 0.3) is 0 Å². The van der Waals surface area contributed by atoms with Crippen molar-refractivity contribution in [3.05, 3.63) is 72.9 Å². The lowest BCUT2D eigenvalue weighted by Gasteiger charge is -2.02. The summed E-state index contributed by atoms with van der Waals surface area (Å²) in [5.41, 5.74) is 4.27. The van der Waals surface area contributed by atoms with E-state index in [0.29, 0.717) is 0 Å². The molecule has 0 saturated heterocycles. The van der Waals surface area contributed by atoms with Crippen molar-refractivity contribution in [3.8, 4) is 21.8 Å². The van der Waals surface area contributed by atoms with Crippen LogP contribution in [0.1, 0.15) is 0 Å². The van der Waals surface area contributed by atoms with Gasteiger partial charge in [-0.3, -0.25) is 4.98 Å². The second kappa shape index (κ2) is 5.11. The van der Waals surface area contributed by atoms with Gasteiger partial charge < -0.3 is 0 Å². The molecule has 4 rings (SSSR count). The lowest BCUT2D eigenvalue weighted by Crippen LogP contribution is -1.84. The summed E-state index contributed by atoms with van der Waals surface area (Å²) in [7, 11) is 0. The number of rotatable bonds is 2. The minimum atomic E-state index is 0.979. The number of hydrogen-bond acceptors (Lipinski definition) is 3. The number of pyridine rings is 1. The lowest BCUT2D eigenvalue weighted by molar-refractivity contribution is 1.32. The van der Waals surface area contributed by atoms with Gasteiger partial charge in [0.05, 0.1) is 15.9 Å². The number of para-hydroxylation sites is 1. The summed E-state index contributed by atoms with van der Waals surface area (Å²) < 4.78 is 1.21. The molecule has 2 aromatic carbocycles. The van der Waals surface area contributed by atoms with Crippen molar-refractivity contribution in [3.63, 3.8) is 0 Å². The van der Waals surface area contributed by atoms with Crippen LogP contribution >= 0.6 is 11.3 Å². The van der Waals surface area contributed by atoms with E-state index in [1.807, 2.05) is 42.6 Å². The van der Waals surface area contributed by atoms with Crippen molar-refractivity contribution >= 4 is 21.6 Å². The van der Waals surface area contributed by atoms with E-state index >= 15 is 0 Å². The zero-order valence-electron chi connectivity index (χ0n) is 11.2. The average Bonchev–Trinajstić information content (AvgIpc) is 3.00. The summed E-state index contributed by atoms with van der Waals surface area (Å²) in [4.78, 5) is 9.17. The van der Waals surface area contributed by atoms with Gasteiger partial charge in [0, 0.05) is 17.3 Å². The molecular weight excluding hydrogens is 276 g/mol. The number of fused-ring (bicyclic) bond motifs is 1. The summed E-state index contributed by atoms with van der Waals surface area (Å²) >= 11 is 1.72. The van der Waals surface area contributed by atoms with Crippen molar-refractivity contribution in [2.24, 2.45) is 0 Å². The van der Waals surface area contributed by atoms with Crippen molar-refractivity contribution in [1.29, 1.82) is 0 Å². The molecule has 0 radical (unpaired) electrons. The molecule has 100 valence electrons. The fourth-order valence-corrected chi connectivity index (χ4v) is 3.29. The van der Waals surface area contributed by atoms with E-state index in [1.165, 1.54) is 4.70 Å². The summed E-state index contributed by atoms with van der Waals surface area (Å²) in [6.45, 7) is 0.